The van der Waals surface area contributed by atoms with E-state index in [4.69, 9.17) is 0 Å². The third-order valence-electron chi connectivity index (χ3n) is 4.18. The second kappa shape index (κ2) is 9.03. The van der Waals surface area contributed by atoms with Gasteiger partial charge in [0.1, 0.15) is 5.69 Å². The van der Waals surface area contributed by atoms with Crippen LogP contribution in [0.2, 0.25) is 0 Å². The van der Waals surface area contributed by atoms with Crippen molar-refractivity contribution in [3.63, 3.8) is 0 Å². The number of likely N-dealkylation sites (N-methyl/N-ethyl adjacent to an activating group) is 1. The van der Waals surface area contributed by atoms with Gasteiger partial charge in [0.25, 0.3) is 17.2 Å². The summed E-state index contributed by atoms with van der Waals surface area (Å²) in [6, 6.07) is 3.51. The normalized spacial score (nSPS) is 12.6. The topological polar surface area (TPSA) is 110 Å². The van der Waals surface area contributed by atoms with E-state index < -0.39 is 39.9 Å². The summed E-state index contributed by atoms with van der Waals surface area (Å²) in [5, 5.41) is 17.4. The second-order valence-electron chi connectivity index (χ2n) is 6.85. The molecule has 1 atom stereocenters. The highest BCUT2D eigenvalue weighted by atomic mass is 19.4. The Morgan fingerprint density at radius 3 is 2.53 bits per heavy atom. The van der Waals surface area contributed by atoms with Gasteiger partial charge in [-0.3, -0.25) is 19.7 Å². The van der Waals surface area contributed by atoms with E-state index in [1.54, 1.807) is 14.1 Å². The minimum atomic E-state index is -4.78. The van der Waals surface area contributed by atoms with E-state index >= 15 is 0 Å². The SMILES string of the molecule is C[C@@H](NC(=O)c1ccc(=O)n(CCN(C)C)n1)c1cc([N+](=O)[O-])cc(C(F)(F)F)c1. The van der Waals surface area contributed by atoms with Gasteiger partial charge in [-0.1, -0.05) is 0 Å². The number of nitro benzene ring substituents is 1. The van der Waals surface area contributed by atoms with Crippen molar-refractivity contribution < 1.29 is 22.9 Å². The van der Waals surface area contributed by atoms with Gasteiger partial charge >= 0.3 is 6.18 Å². The molecule has 162 valence electrons. The molecule has 0 aliphatic heterocycles. The van der Waals surface area contributed by atoms with Crippen LogP contribution in [-0.2, 0) is 12.7 Å². The number of non-ortho nitro benzene ring substituents is 1. The van der Waals surface area contributed by atoms with Gasteiger partial charge in [-0.25, -0.2) is 4.68 Å². The summed E-state index contributed by atoms with van der Waals surface area (Å²) in [6.45, 7) is 2.13. The van der Waals surface area contributed by atoms with Gasteiger partial charge < -0.3 is 10.2 Å². The number of nitrogens with one attached hydrogen (secondary N) is 1. The maximum absolute atomic E-state index is 13.1. The number of aromatic nitrogens is 2. The van der Waals surface area contributed by atoms with E-state index in [1.165, 1.54) is 13.0 Å². The number of nitro groups is 1. The molecule has 30 heavy (non-hydrogen) atoms. The van der Waals surface area contributed by atoms with Gasteiger partial charge in [-0.2, -0.15) is 18.3 Å². The minimum absolute atomic E-state index is 0.0918. The second-order valence-corrected chi connectivity index (χ2v) is 6.85. The Bertz CT molecular complexity index is 1000. The van der Waals surface area contributed by atoms with Crippen LogP contribution in [0, 0.1) is 10.1 Å². The third-order valence-corrected chi connectivity index (χ3v) is 4.18. The fraction of sp³-hybridized carbons (Fsp3) is 0.389. The largest absolute Gasteiger partial charge is 0.416 e. The lowest BCUT2D eigenvalue weighted by Crippen LogP contribution is -2.33. The molecule has 12 heteroatoms. The lowest BCUT2D eigenvalue weighted by molar-refractivity contribution is -0.385. The molecule has 1 aromatic heterocycles. The monoisotopic (exact) mass is 427 g/mol. The highest BCUT2D eigenvalue weighted by molar-refractivity contribution is 5.92. The van der Waals surface area contributed by atoms with E-state index in [1.807, 2.05) is 4.90 Å². The van der Waals surface area contributed by atoms with Crippen molar-refractivity contribution in [3.8, 4) is 0 Å². The van der Waals surface area contributed by atoms with Gasteiger partial charge in [-0.05, 0) is 38.7 Å². The predicted molar refractivity (Wildman–Crippen MR) is 101 cm³/mol. The van der Waals surface area contributed by atoms with Crippen LogP contribution in [0.1, 0.15) is 34.6 Å². The van der Waals surface area contributed by atoms with Crippen LogP contribution in [0.4, 0.5) is 18.9 Å². The standard InChI is InChI=1S/C18H20F3N5O4/c1-11(12-8-13(18(19,20)21)10-14(9-12)26(29)30)22-17(28)15-4-5-16(27)25(23-15)7-6-24(2)3/h4-5,8-11H,6-7H2,1-3H3,(H,22,28)/t11-/m1/s1. The number of benzene rings is 1. The van der Waals surface area contributed by atoms with Gasteiger partial charge in [0.15, 0.2) is 0 Å². The lowest BCUT2D eigenvalue weighted by atomic mass is 10.0. The van der Waals surface area contributed by atoms with Crippen LogP contribution in [0.15, 0.2) is 35.1 Å². The smallest absolute Gasteiger partial charge is 0.344 e. The van der Waals surface area contributed by atoms with Crippen LogP contribution in [-0.4, -0.2) is 46.2 Å². The van der Waals surface area contributed by atoms with Crippen LogP contribution in [0.5, 0.6) is 0 Å². The summed E-state index contributed by atoms with van der Waals surface area (Å²) in [6.07, 6.45) is -4.78. The Hall–Kier alpha value is -3.28. The molecule has 0 spiro atoms. The van der Waals surface area contributed by atoms with Crippen LogP contribution >= 0.6 is 0 Å². The zero-order valence-corrected chi connectivity index (χ0v) is 16.4. The first-order chi connectivity index (χ1) is 13.9. The first-order valence-electron chi connectivity index (χ1n) is 8.79. The van der Waals surface area contributed by atoms with Crippen LogP contribution in [0.25, 0.3) is 0 Å². The van der Waals surface area contributed by atoms with E-state index in [-0.39, 0.29) is 17.8 Å². The van der Waals surface area contributed by atoms with E-state index in [2.05, 4.69) is 10.4 Å². The molecule has 0 unspecified atom stereocenters. The molecule has 2 rings (SSSR count). The van der Waals surface area contributed by atoms with Crippen molar-refractivity contribution in [1.29, 1.82) is 0 Å². The highest BCUT2D eigenvalue weighted by Gasteiger charge is 2.33. The zero-order chi connectivity index (χ0) is 22.6. The molecule has 2 aromatic rings. The number of nitrogens with zero attached hydrogens (tertiary/aromatic N) is 4. The van der Waals surface area contributed by atoms with Crippen LogP contribution < -0.4 is 10.9 Å². The van der Waals surface area contributed by atoms with Crippen molar-refractivity contribution in [2.45, 2.75) is 25.7 Å². The molecule has 0 radical (unpaired) electrons. The Labute approximate surface area is 169 Å². The molecule has 1 aromatic carbocycles. The molecule has 0 fully saturated rings. The molecule has 0 bridgehead atoms. The number of amides is 1. The van der Waals surface area contributed by atoms with Crippen molar-refractivity contribution in [3.05, 3.63) is 67.6 Å². The molecule has 0 aliphatic carbocycles. The Morgan fingerprint density at radius 1 is 1.30 bits per heavy atom. The fourth-order valence-electron chi connectivity index (χ4n) is 2.53. The van der Waals surface area contributed by atoms with E-state index in [9.17, 15) is 32.9 Å². The summed E-state index contributed by atoms with van der Waals surface area (Å²) >= 11 is 0. The molecule has 0 saturated carbocycles. The molecule has 9 nitrogen and oxygen atoms in total. The molecule has 1 amide bonds. The highest BCUT2D eigenvalue weighted by Crippen LogP contribution is 2.34. The average Bonchev–Trinajstić information content (AvgIpc) is 2.65. The van der Waals surface area contributed by atoms with Crippen LogP contribution in [0.3, 0.4) is 0 Å². The molecule has 0 aliphatic rings. The summed E-state index contributed by atoms with van der Waals surface area (Å²) in [5.41, 5.74) is -2.54. The van der Waals surface area contributed by atoms with E-state index in [0.29, 0.717) is 12.6 Å². The lowest BCUT2D eigenvalue weighted by Gasteiger charge is -2.16. The van der Waals surface area contributed by atoms with Crippen molar-refractivity contribution in [2.24, 2.45) is 0 Å². The predicted octanol–water partition coefficient (Wildman–Crippen LogP) is 2.22. The quantitative estimate of drug-likeness (QED) is 0.536. The first kappa shape index (κ1) is 23.0. The number of halogens is 3. The summed E-state index contributed by atoms with van der Waals surface area (Å²) in [5.74, 6) is -0.735. The van der Waals surface area contributed by atoms with Gasteiger partial charge in [0.05, 0.1) is 23.1 Å². The fourth-order valence-corrected chi connectivity index (χ4v) is 2.53. The van der Waals surface area contributed by atoms with Crippen molar-refractivity contribution in [2.75, 3.05) is 20.6 Å². The number of carbonyl (C=O) groups excluding carboxylic acids is 1. The summed E-state index contributed by atoms with van der Waals surface area (Å²) in [4.78, 5) is 36.2. The number of hydrogen-bond acceptors (Lipinski definition) is 6. The Kier molecular flexibility index (Phi) is 6.92. The number of carbonyl (C=O) groups is 1. The van der Waals surface area contributed by atoms with Gasteiger partial charge in [-0.15, -0.1) is 0 Å². The van der Waals surface area contributed by atoms with Crippen molar-refractivity contribution in [1.82, 2.24) is 20.0 Å². The average molecular weight is 427 g/mol. The van der Waals surface area contributed by atoms with Gasteiger partial charge in [0.2, 0.25) is 0 Å². The van der Waals surface area contributed by atoms with Gasteiger partial charge in [0, 0.05) is 24.7 Å². The number of rotatable bonds is 7. The zero-order valence-electron chi connectivity index (χ0n) is 16.4. The summed E-state index contributed by atoms with van der Waals surface area (Å²) in [7, 11) is 3.61. The molecule has 1 heterocycles. The maximum atomic E-state index is 13.1. The Balaban J connectivity index is 2.27. The minimum Gasteiger partial charge on any atom is -0.344 e. The molecule has 1 N–H and O–H groups in total. The molecular formula is C18H20F3N5O4. The molecule has 0 saturated heterocycles. The maximum Gasteiger partial charge on any atom is 0.416 e. The van der Waals surface area contributed by atoms with E-state index in [0.717, 1.165) is 22.9 Å². The first-order valence-corrected chi connectivity index (χ1v) is 8.79. The summed E-state index contributed by atoms with van der Waals surface area (Å²) < 4.78 is 40.3. The number of alkyl halides is 3. The number of hydrogen-bond donors (Lipinski definition) is 1. The molecular weight excluding hydrogens is 407 g/mol. The third kappa shape index (κ3) is 5.86. The van der Waals surface area contributed by atoms with Crippen molar-refractivity contribution >= 4 is 11.6 Å². The Morgan fingerprint density at radius 2 is 1.97 bits per heavy atom.